The largest absolute Gasteiger partial charge is 1.00 e. The van der Waals surface area contributed by atoms with Crippen molar-refractivity contribution in [2.75, 3.05) is 19.0 Å². The summed E-state index contributed by atoms with van der Waals surface area (Å²) in [6.45, 7) is 3.58. The number of nitrogens with one attached hydrogen (secondary N) is 1. The highest BCUT2D eigenvalue weighted by Gasteiger charge is 2.14. The molecule has 44 heavy (non-hydrogen) atoms. The monoisotopic (exact) mass is 663 g/mol. The van der Waals surface area contributed by atoms with Gasteiger partial charge >= 0.3 is 0 Å². The third-order valence-electron chi connectivity index (χ3n) is 8.02. The lowest BCUT2D eigenvalue weighted by Crippen LogP contribution is -3.00. The molecule has 0 saturated heterocycles. The van der Waals surface area contributed by atoms with Crippen molar-refractivity contribution in [1.82, 2.24) is 4.57 Å². The molecule has 2 aromatic carbocycles. The molecular weight excluding hydrogens is 614 g/mol. The van der Waals surface area contributed by atoms with Crippen LogP contribution in [0.5, 0.6) is 11.5 Å². The first-order valence-corrected chi connectivity index (χ1v) is 16.3. The van der Waals surface area contributed by atoms with Gasteiger partial charge in [0.2, 0.25) is 12.2 Å². The van der Waals surface area contributed by atoms with Crippen LogP contribution in [0.15, 0.2) is 79.4 Å². The maximum Gasteiger partial charge on any atom is 0.249 e. The summed E-state index contributed by atoms with van der Waals surface area (Å²) in [7, 11) is 1.65. The molecule has 2 aromatic heterocycles. The smallest absolute Gasteiger partial charge is 0.249 e. The molecule has 0 spiro atoms. The Kier molecular flexibility index (Phi) is 15.9. The van der Waals surface area contributed by atoms with Crippen LogP contribution >= 0.6 is 0 Å². The fraction of sp³-hybridized carbons (Fsp3) is 0.459. The number of fused-ring (bicyclic) bond motifs is 1. The van der Waals surface area contributed by atoms with Crippen LogP contribution in [0, 0.1) is 0 Å². The molecule has 0 fully saturated rings. The molecule has 1 amide bonds. The molecule has 4 aromatic rings. The van der Waals surface area contributed by atoms with Gasteiger partial charge in [0.1, 0.15) is 24.2 Å². The Morgan fingerprint density at radius 1 is 0.818 bits per heavy atom. The minimum Gasteiger partial charge on any atom is -1.00 e. The van der Waals surface area contributed by atoms with Gasteiger partial charge in [-0.05, 0) is 30.7 Å². The van der Waals surface area contributed by atoms with Crippen molar-refractivity contribution in [3.05, 3.63) is 90.5 Å². The van der Waals surface area contributed by atoms with Crippen LogP contribution < -0.4 is 36.2 Å². The number of amides is 1. The molecule has 6 nitrogen and oxygen atoms in total. The molecule has 0 saturated carbocycles. The minimum absolute atomic E-state index is 0. The minimum atomic E-state index is -0.0696. The number of carbonyl (C=O) groups excluding carboxylic acids is 1. The van der Waals surface area contributed by atoms with Gasteiger partial charge in [-0.1, -0.05) is 108 Å². The second kappa shape index (κ2) is 19.9. The number of unbranched alkanes of at least 4 members (excludes halogenated alkanes) is 11. The molecule has 0 aliphatic heterocycles. The van der Waals surface area contributed by atoms with Crippen LogP contribution in [-0.2, 0) is 17.8 Å². The number of aromatic nitrogens is 2. The molecular formula is C37H50BrN3O3. The number of para-hydroxylation sites is 1. The van der Waals surface area contributed by atoms with E-state index in [9.17, 15) is 4.79 Å². The van der Waals surface area contributed by atoms with E-state index in [-0.39, 0.29) is 29.3 Å². The van der Waals surface area contributed by atoms with Gasteiger partial charge in [-0.2, -0.15) is 0 Å². The van der Waals surface area contributed by atoms with Crippen molar-refractivity contribution < 1.29 is 35.7 Å². The molecule has 2 heterocycles. The van der Waals surface area contributed by atoms with Gasteiger partial charge in [0.25, 0.3) is 0 Å². The number of pyridine rings is 1. The summed E-state index contributed by atoms with van der Waals surface area (Å²) in [5.74, 6) is 1.39. The van der Waals surface area contributed by atoms with Gasteiger partial charge in [-0.3, -0.25) is 4.79 Å². The molecule has 0 unspecified atom stereocenters. The summed E-state index contributed by atoms with van der Waals surface area (Å²) < 4.78 is 15.8. The highest BCUT2D eigenvalue weighted by atomic mass is 79.9. The van der Waals surface area contributed by atoms with E-state index in [1.54, 1.807) is 7.11 Å². The summed E-state index contributed by atoms with van der Waals surface area (Å²) >= 11 is 0. The van der Waals surface area contributed by atoms with Crippen molar-refractivity contribution in [2.24, 2.45) is 0 Å². The Morgan fingerprint density at radius 3 is 2.20 bits per heavy atom. The first kappa shape index (κ1) is 35.2. The zero-order valence-corrected chi connectivity index (χ0v) is 28.2. The number of methoxy groups -OCH3 is 1. The molecule has 0 radical (unpaired) electrons. The highest BCUT2D eigenvalue weighted by molar-refractivity contribution is 5.93. The Balaban J connectivity index is 0.00000529. The van der Waals surface area contributed by atoms with Gasteiger partial charge in [-0.15, -0.1) is 0 Å². The lowest BCUT2D eigenvalue weighted by molar-refractivity contribution is -0.512. The predicted molar refractivity (Wildman–Crippen MR) is 175 cm³/mol. The van der Waals surface area contributed by atoms with E-state index < -0.39 is 0 Å². The third kappa shape index (κ3) is 11.6. The molecule has 7 heteroatoms. The van der Waals surface area contributed by atoms with Crippen molar-refractivity contribution in [2.45, 2.75) is 96.9 Å². The van der Waals surface area contributed by atoms with E-state index in [4.69, 9.17) is 9.47 Å². The number of ether oxygens (including phenoxy) is 2. The summed E-state index contributed by atoms with van der Waals surface area (Å²) in [5, 5.41) is 3.14. The van der Waals surface area contributed by atoms with Gasteiger partial charge in [0.15, 0.2) is 5.52 Å². The van der Waals surface area contributed by atoms with Gasteiger partial charge in [0, 0.05) is 22.9 Å². The number of hydrogen-bond donors (Lipinski definition) is 1. The normalized spacial score (nSPS) is 10.9. The van der Waals surface area contributed by atoms with Crippen LogP contribution in [0.3, 0.4) is 0 Å². The van der Waals surface area contributed by atoms with Crippen molar-refractivity contribution >= 4 is 17.1 Å². The molecule has 238 valence electrons. The zero-order chi connectivity index (χ0) is 30.1. The first-order valence-electron chi connectivity index (χ1n) is 16.3. The Bertz CT molecular complexity index is 1370. The second-order valence-corrected chi connectivity index (χ2v) is 11.5. The van der Waals surface area contributed by atoms with Crippen molar-refractivity contribution in [1.29, 1.82) is 0 Å². The Labute approximate surface area is 274 Å². The zero-order valence-electron chi connectivity index (χ0n) is 26.6. The molecule has 0 bridgehead atoms. The lowest BCUT2D eigenvalue weighted by atomic mass is 10.1. The van der Waals surface area contributed by atoms with Crippen LogP contribution in [0.2, 0.25) is 0 Å². The number of imidazole rings is 1. The molecule has 0 atom stereocenters. The SMILES string of the molecule is CCCCCCCCCCCCCCOc1cc(OC)ccc1CC(=O)Nc1ccccc1Cn1cc2cccc[n+]2c1.[Br-]. The summed E-state index contributed by atoms with van der Waals surface area (Å²) in [4.78, 5) is 13.2. The highest BCUT2D eigenvalue weighted by Crippen LogP contribution is 2.27. The number of carbonyl (C=O) groups is 1. The van der Waals surface area contributed by atoms with Gasteiger partial charge in [-0.25, -0.2) is 8.97 Å². The van der Waals surface area contributed by atoms with E-state index in [0.717, 1.165) is 40.3 Å². The molecule has 1 N–H and O–H groups in total. The number of hydrogen-bond acceptors (Lipinski definition) is 3. The average Bonchev–Trinajstić information content (AvgIpc) is 3.43. The van der Waals surface area contributed by atoms with E-state index in [2.05, 4.69) is 45.9 Å². The van der Waals surface area contributed by atoms with E-state index in [1.807, 2.05) is 54.7 Å². The third-order valence-corrected chi connectivity index (χ3v) is 8.02. The summed E-state index contributed by atoms with van der Waals surface area (Å²) in [5.41, 5.74) is 3.86. The standard InChI is InChI=1S/C37H49N3O3.BrH/c1-3-4-5-6-7-8-9-10-11-12-13-18-25-43-36-27-34(42-2)23-22-31(36)26-37(41)38-35-21-15-14-19-32(35)28-39-29-33-20-16-17-24-40(33)30-39;/h14-17,19-24,27,29-30H,3-13,18,25-26,28H2,1-2H3;1H. The lowest BCUT2D eigenvalue weighted by Gasteiger charge is -2.14. The van der Waals surface area contributed by atoms with Gasteiger partial charge in [0.05, 0.1) is 26.3 Å². The quantitative estimate of drug-likeness (QED) is 0.0997. The maximum absolute atomic E-state index is 13.2. The summed E-state index contributed by atoms with van der Waals surface area (Å²) in [6, 6.07) is 19.8. The van der Waals surface area contributed by atoms with Crippen LogP contribution in [0.4, 0.5) is 5.69 Å². The number of anilines is 1. The Hall–Kier alpha value is -3.32. The van der Waals surface area contributed by atoms with E-state index >= 15 is 0 Å². The van der Waals surface area contributed by atoms with E-state index in [0.29, 0.717) is 13.2 Å². The molecule has 0 aliphatic rings. The van der Waals surface area contributed by atoms with Crippen LogP contribution in [-0.4, -0.2) is 24.2 Å². The van der Waals surface area contributed by atoms with Crippen LogP contribution in [0.25, 0.3) is 5.52 Å². The van der Waals surface area contributed by atoms with Gasteiger partial charge < -0.3 is 31.8 Å². The van der Waals surface area contributed by atoms with Crippen molar-refractivity contribution in [3.63, 3.8) is 0 Å². The fourth-order valence-corrected chi connectivity index (χ4v) is 5.54. The predicted octanol–water partition coefficient (Wildman–Crippen LogP) is 5.55. The fourth-order valence-electron chi connectivity index (χ4n) is 5.54. The van der Waals surface area contributed by atoms with Crippen LogP contribution in [0.1, 0.15) is 95.1 Å². The number of nitrogens with zero attached hydrogens (tertiary/aromatic N) is 2. The summed E-state index contributed by atoms with van der Waals surface area (Å²) in [6.07, 6.45) is 22.2. The maximum atomic E-state index is 13.2. The van der Waals surface area contributed by atoms with Crippen molar-refractivity contribution in [3.8, 4) is 11.5 Å². The Morgan fingerprint density at radius 2 is 1.50 bits per heavy atom. The van der Waals surface area contributed by atoms with E-state index in [1.165, 1.54) is 70.6 Å². The number of rotatable bonds is 20. The molecule has 0 aliphatic carbocycles. The molecule has 4 rings (SSSR count). The topological polar surface area (TPSA) is 56.6 Å². The number of halogens is 1. The average molecular weight is 665 g/mol. The second-order valence-electron chi connectivity index (χ2n) is 11.5. The first-order chi connectivity index (χ1) is 21.2. The number of benzene rings is 2.